The van der Waals surface area contributed by atoms with E-state index in [0.29, 0.717) is 11.9 Å². The summed E-state index contributed by atoms with van der Waals surface area (Å²) in [7, 11) is 1.84. The van der Waals surface area contributed by atoms with Crippen LogP contribution in [0.15, 0.2) is 42.9 Å². The highest BCUT2D eigenvalue weighted by atomic mass is 35.5. The molecular formula is C20H24ClN3O2. The van der Waals surface area contributed by atoms with E-state index < -0.39 is 0 Å². The van der Waals surface area contributed by atoms with Gasteiger partial charge in [0, 0.05) is 57.3 Å². The first-order chi connectivity index (χ1) is 12.7. The Kier molecular flexibility index (Phi) is 5.11. The van der Waals surface area contributed by atoms with E-state index in [1.165, 1.54) is 0 Å². The summed E-state index contributed by atoms with van der Waals surface area (Å²) < 4.78 is 12.2. The van der Waals surface area contributed by atoms with Crippen LogP contribution in [0.5, 0.6) is 5.88 Å². The summed E-state index contributed by atoms with van der Waals surface area (Å²) in [5, 5.41) is 0.722. The summed E-state index contributed by atoms with van der Waals surface area (Å²) in [6.07, 6.45) is 9.42. The van der Waals surface area contributed by atoms with Gasteiger partial charge >= 0.3 is 0 Å². The zero-order valence-electron chi connectivity index (χ0n) is 15.0. The molecule has 1 aliphatic carbocycles. The molecule has 3 unspecified atom stereocenters. The van der Waals surface area contributed by atoms with Crippen LogP contribution in [-0.2, 0) is 11.3 Å². The van der Waals surface area contributed by atoms with E-state index in [9.17, 15) is 0 Å². The van der Waals surface area contributed by atoms with Crippen LogP contribution in [0.4, 0.5) is 0 Å². The maximum Gasteiger partial charge on any atom is 0.213 e. The number of methoxy groups -OCH3 is 1. The Morgan fingerprint density at radius 3 is 2.96 bits per heavy atom. The van der Waals surface area contributed by atoms with Gasteiger partial charge in [-0.1, -0.05) is 17.7 Å². The molecule has 6 heteroatoms. The number of ether oxygens (including phenoxy) is 2. The van der Waals surface area contributed by atoms with E-state index in [4.69, 9.17) is 21.1 Å². The fourth-order valence-electron chi connectivity index (χ4n) is 4.39. The molecule has 1 saturated carbocycles. The molecule has 3 heterocycles. The number of halogens is 1. The number of nitrogens with zero attached hydrogens (tertiary/aromatic N) is 3. The Morgan fingerprint density at radius 1 is 1.27 bits per heavy atom. The highest BCUT2D eigenvalue weighted by Crippen LogP contribution is 2.44. The largest absolute Gasteiger partial charge is 0.474 e. The average molecular weight is 374 g/mol. The Balaban J connectivity index is 1.50. The Bertz CT molecular complexity index is 745. The zero-order chi connectivity index (χ0) is 18.0. The van der Waals surface area contributed by atoms with Crippen LogP contribution in [-0.4, -0.2) is 46.3 Å². The third-order valence-electron chi connectivity index (χ3n) is 5.81. The maximum absolute atomic E-state index is 6.33. The number of pyridine rings is 2. The van der Waals surface area contributed by atoms with Crippen molar-refractivity contribution in [2.45, 2.75) is 50.0 Å². The quantitative estimate of drug-likeness (QED) is 0.799. The molecule has 2 aromatic rings. The molecule has 0 N–H and O–H groups in total. The maximum atomic E-state index is 6.33. The minimum atomic E-state index is -0.0799. The van der Waals surface area contributed by atoms with Crippen molar-refractivity contribution in [3.8, 4) is 5.88 Å². The van der Waals surface area contributed by atoms with E-state index in [2.05, 4.69) is 14.9 Å². The predicted molar refractivity (Wildman–Crippen MR) is 100 cm³/mol. The van der Waals surface area contributed by atoms with Crippen molar-refractivity contribution in [1.82, 2.24) is 14.9 Å². The highest BCUT2D eigenvalue weighted by molar-refractivity contribution is 6.31. The van der Waals surface area contributed by atoms with Crippen LogP contribution >= 0.6 is 11.6 Å². The molecule has 138 valence electrons. The molecular weight excluding hydrogens is 350 g/mol. The van der Waals surface area contributed by atoms with E-state index in [-0.39, 0.29) is 11.7 Å². The van der Waals surface area contributed by atoms with E-state index >= 15 is 0 Å². The van der Waals surface area contributed by atoms with Crippen molar-refractivity contribution in [3.63, 3.8) is 0 Å². The molecule has 2 aromatic heterocycles. The van der Waals surface area contributed by atoms with E-state index in [1.807, 2.05) is 31.4 Å². The van der Waals surface area contributed by atoms with Crippen molar-refractivity contribution in [2.75, 3.05) is 13.7 Å². The minimum absolute atomic E-state index is 0.0799. The fourth-order valence-corrected chi connectivity index (χ4v) is 4.57. The predicted octanol–water partition coefficient (Wildman–Crippen LogP) is 3.72. The first-order valence-corrected chi connectivity index (χ1v) is 9.53. The van der Waals surface area contributed by atoms with Gasteiger partial charge in [-0.3, -0.25) is 9.88 Å². The molecule has 1 aliphatic heterocycles. The Labute approximate surface area is 159 Å². The van der Waals surface area contributed by atoms with Crippen molar-refractivity contribution in [3.05, 3.63) is 53.4 Å². The van der Waals surface area contributed by atoms with Gasteiger partial charge < -0.3 is 9.47 Å². The lowest BCUT2D eigenvalue weighted by Gasteiger charge is -2.43. The van der Waals surface area contributed by atoms with Crippen molar-refractivity contribution in [2.24, 2.45) is 0 Å². The molecule has 2 fully saturated rings. The lowest BCUT2D eigenvalue weighted by Crippen LogP contribution is -2.52. The first kappa shape index (κ1) is 17.7. The molecule has 1 saturated heterocycles. The summed E-state index contributed by atoms with van der Waals surface area (Å²) in [4.78, 5) is 10.9. The Morgan fingerprint density at radius 2 is 2.19 bits per heavy atom. The van der Waals surface area contributed by atoms with Gasteiger partial charge in [0.2, 0.25) is 5.88 Å². The van der Waals surface area contributed by atoms with Gasteiger partial charge in [0.15, 0.2) is 0 Å². The van der Waals surface area contributed by atoms with Gasteiger partial charge in [-0.05, 0) is 37.0 Å². The third-order valence-corrected chi connectivity index (χ3v) is 6.15. The van der Waals surface area contributed by atoms with Gasteiger partial charge in [-0.25, -0.2) is 4.98 Å². The van der Waals surface area contributed by atoms with Crippen molar-refractivity contribution < 1.29 is 9.47 Å². The molecule has 5 nitrogen and oxygen atoms in total. The van der Waals surface area contributed by atoms with Crippen LogP contribution in [0, 0.1) is 0 Å². The smallest absolute Gasteiger partial charge is 0.213 e. The summed E-state index contributed by atoms with van der Waals surface area (Å²) in [6.45, 7) is 1.82. The number of fused-ring (bicyclic) bond motifs is 1. The van der Waals surface area contributed by atoms with Crippen LogP contribution in [0.3, 0.4) is 0 Å². The molecule has 0 radical (unpaired) electrons. The van der Waals surface area contributed by atoms with Crippen LogP contribution in [0.25, 0.3) is 0 Å². The normalized spacial score (nSPS) is 28.7. The van der Waals surface area contributed by atoms with Gasteiger partial charge in [-0.2, -0.15) is 0 Å². The van der Waals surface area contributed by atoms with E-state index in [1.54, 1.807) is 18.6 Å². The SMILES string of the molecule is COC12CCC(Oc3ccccn3)CC1N(Cc1ccncc1Cl)CC2. The highest BCUT2D eigenvalue weighted by Gasteiger charge is 2.51. The second-order valence-corrected chi connectivity index (χ2v) is 7.56. The second kappa shape index (κ2) is 7.51. The molecule has 2 aliphatic rings. The number of aromatic nitrogens is 2. The van der Waals surface area contributed by atoms with Gasteiger partial charge in [0.1, 0.15) is 6.10 Å². The molecule has 26 heavy (non-hydrogen) atoms. The zero-order valence-corrected chi connectivity index (χ0v) is 15.7. The lowest BCUT2D eigenvalue weighted by atomic mass is 9.79. The van der Waals surface area contributed by atoms with Gasteiger partial charge in [0.25, 0.3) is 0 Å². The summed E-state index contributed by atoms with van der Waals surface area (Å²) in [5.41, 5.74) is 1.03. The summed E-state index contributed by atoms with van der Waals surface area (Å²) in [5.74, 6) is 0.698. The standard InChI is InChI=1S/C20H24ClN3O2/c1-25-20-7-5-16(26-19-4-2-3-9-23-19)12-18(20)24(11-8-20)14-15-6-10-22-13-17(15)21/h2-4,6,9-10,13,16,18H,5,7-8,11-12,14H2,1H3. The fraction of sp³-hybridized carbons (Fsp3) is 0.500. The topological polar surface area (TPSA) is 47.5 Å². The summed E-state index contributed by atoms with van der Waals surface area (Å²) >= 11 is 6.33. The van der Waals surface area contributed by atoms with Crippen molar-refractivity contribution in [1.29, 1.82) is 0 Å². The van der Waals surface area contributed by atoms with Gasteiger partial charge in [0.05, 0.1) is 10.6 Å². The summed E-state index contributed by atoms with van der Waals surface area (Å²) in [6, 6.07) is 8.10. The number of hydrogen-bond donors (Lipinski definition) is 0. The second-order valence-electron chi connectivity index (χ2n) is 7.15. The Hall–Kier alpha value is -1.69. The number of likely N-dealkylation sites (tertiary alicyclic amines) is 1. The average Bonchev–Trinajstić information content (AvgIpc) is 3.03. The number of rotatable bonds is 5. The third kappa shape index (κ3) is 3.43. The molecule has 3 atom stereocenters. The van der Waals surface area contributed by atoms with Crippen LogP contribution in [0.2, 0.25) is 5.02 Å². The molecule has 4 rings (SSSR count). The van der Waals surface area contributed by atoms with Gasteiger partial charge in [-0.15, -0.1) is 0 Å². The lowest BCUT2D eigenvalue weighted by molar-refractivity contribution is -0.0843. The molecule has 0 amide bonds. The van der Waals surface area contributed by atoms with Crippen molar-refractivity contribution >= 4 is 11.6 Å². The monoisotopic (exact) mass is 373 g/mol. The van der Waals surface area contributed by atoms with Crippen LogP contribution in [0.1, 0.15) is 31.2 Å². The molecule has 0 bridgehead atoms. The molecule has 0 spiro atoms. The minimum Gasteiger partial charge on any atom is -0.474 e. The van der Waals surface area contributed by atoms with E-state index in [0.717, 1.165) is 49.4 Å². The first-order valence-electron chi connectivity index (χ1n) is 9.15. The number of hydrogen-bond acceptors (Lipinski definition) is 5. The molecule has 0 aromatic carbocycles. The van der Waals surface area contributed by atoms with Crippen LogP contribution < -0.4 is 4.74 Å².